The average Bonchev–Trinajstić information content (AvgIpc) is 2.89. The molecule has 2 N–H and O–H groups in total. The van der Waals surface area contributed by atoms with E-state index in [0.29, 0.717) is 17.9 Å². The van der Waals surface area contributed by atoms with Crippen molar-refractivity contribution in [1.82, 2.24) is 5.43 Å². The van der Waals surface area contributed by atoms with Crippen LogP contribution in [0.25, 0.3) is 0 Å². The van der Waals surface area contributed by atoms with E-state index in [1.54, 1.807) is 31.2 Å². The van der Waals surface area contributed by atoms with E-state index in [2.05, 4.69) is 15.8 Å². The molecular weight excluding hydrogens is 468 g/mol. The van der Waals surface area contributed by atoms with Gasteiger partial charge in [-0.25, -0.2) is 10.2 Å². The quantitative estimate of drug-likeness (QED) is 0.152. The van der Waals surface area contributed by atoms with Crippen LogP contribution < -0.4 is 20.2 Å². The number of esters is 1. The van der Waals surface area contributed by atoms with Crippen LogP contribution in [0.3, 0.4) is 0 Å². The van der Waals surface area contributed by atoms with Gasteiger partial charge in [0.1, 0.15) is 11.5 Å². The number of rotatable bonds is 9. The monoisotopic (exact) mass is 490 g/mol. The summed E-state index contributed by atoms with van der Waals surface area (Å²) in [6, 6.07) is 16.1. The summed E-state index contributed by atoms with van der Waals surface area (Å²) in [4.78, 5) is 47.0. The zero-order valence-electron chi connectivity index (χ0n) is 19.4. The molecule has 11 heteroatoms. The number of carbonyl (C=O) groups excluding carboxylic acids is 3. The number of hydrogen-bond acceptors (Lipinski definition) is 8. The molecule has 0 radical (unpaired) electrons. The summed E-state index contributed by atoms with van der Waals surface area (Å²) in [5, 5.41) is 17.7. The van der Waals surface area contributed by atoms with Gasteiger partial charge >= 0.3 is 5.97 Å². The van der Waals surface area contributed by atoms with Crippen molar-refractivity contribution in [3.8, 4) is 11.5 Å². The van der Waals surface area contributed by atoms with Crippen molar-refractivity contribution in [3.63, 3.8) is 0 Å². The Hall–Kier alpha value is -5.06. The fraction of sp³-hybridized carbons (Fsp3) is 0.120. The summed E-state index contributed by atoms with van der Waals surface area (Å²) in [5.74, 6) is -0.964. The van der Waals surface area contributed by atoms with Gasteiger partial charge in [0.25, 0.3) is 11.6 Å². The Morgan fingerprint density at radius 3 is 2.44 bits per heavy atom. The van der Waals surface area contributed by atoms with Gasteiger partial charge in [0.05, 0.1) is 23.8 Å². The SMILES string of the molecule is CCC(=O)Nc1ccc(C(=O)N/N=C/c2cc([N+](=O)[O-])ccc2OC(=O)c2cccc(OC)c2)cc1. The summed E-state index contributed by atoms with van der Waals surface area (Å²) >= 11 is 0. The number of ether oxygens (including phenoxy) is 2. The number of anilines is 1. The lowest BCUT2D eigenvalue weighted by molar-refractivity contribution is -0.384. The fourth-order valence-corrected chi connectivity index (χ4v) is 2.93. The number of non-ortho nitro benzene ring substituents is 1. The molecule has 0 saturated carbocycles. The molecule has 3 aromatic rings. The van der Waals surface area contributed by atoms with E-state index in [4.69, 9.17) is 9.47 Å². The van der Waals surface area contributed by atoms with Crippen LogP contribution in [0.2, 0.25) is 0 Å². The van der Waals surface area contributed by atoms with Gasteiger partial charge in [0, 0.05) is 35.4 Å². The third-order valence-electron chi connectivity index (χ3n) is 4.83. The Morgan fingerprint density at radius 2 is 1.78 bits per heavy atom. The van der Waals surface area contributed by atoms with Gasteiger partial charge in [0.15, 0.2) is 0 Å². The molecule has 2 amide bonds. The first-order valence-corrected chi connectivity index (χ1v) is 10.7. The van der Waals surface area contributed by atoms with Gasteiger partial charge < -0.3 is 14.8 Å². The number of nitrogens with one attached hydrogen (secondary N) is 2. The Labute approximate surface area is 205 Å². The summed E-state index contributed by atoms with van der Waals surface area (Å²) in [5.41, 5.74) is 3.17. The number of nitro groups is 1. The standard InChI is InChI=1S/C25H22N4O7/c1-3-23(30)27-19-9-7-16(8-10-19)24(31)28-26-15-18-13-20(29(33)34)11-12-22(18)36-25(32)17-5-4-6-21(14-17)35-2/h4-15H,3H2,1-2H3,(H,27,30)(H,28,31)/b26-15+. The van der Waals surface area contributed by atoms with Crippen LogP contribution in [0.15, 0.2) is 71.8 Å². The molecular formula is C25H22N4O7. The molecule has 0 heterocycles. The number of nitro benzene ring substituents is 1. The van der Waals surface area contributed by atoms with E-state index < -0.39 is 16.8 Å². The molecule has 3 aromatic carbocycles. The van der Waals surface area contributed by atoms with Crippen molar-refractivity contribution in [2.75, 3.05) is 12.4 Å². The highest BCUT2D eigenvalue weighted by atomic mass is 16.6. The van der Waals surface area contributed by atoms with Crippen LogP contribution in [0.5, 0.6) is 11.5 Å². The molecule has 0 saturated heterocycles. The molecule has 0 atom stereocenters. The second kappa shape index (κ2) is 11.9. The minimum Gasteiger partial charge on any atom is -0.497 e. The molecule has 3 rings (SSSR count). The molecule has 0 spiro atoms. The van der Waals surface area contributed by atoms with Crippen molar-refractivity contribution >= 4 is 35.4 Å². The largest absolute Gasteiger partial charge is 0.497 e. The topological polar surface area (TPSA) is 149 Å². The Balaban J connectivity index is 1.75. The molecule has 0 bridgehead atoms. The Bertz CT molecular complexity index is 1320. The third kappa shape index (κ3) is 6.73. The summed E-state index contributed by atoms with van der Waals surface area (Å²) in [6.07, 6.45) is 1.46. The number of methoxy groups -OCH3 is 1. The summed E-state index contributed by atoms with van der Waals surface area (Å²) < 4.78 is 10.5. The van der Waals surface area contributed by atoms with Crippen LogP contribution in [0.4, 0.5) is 11.4 Å². The van der Waals surface area contributed by atoms with E-state index in [9.17, 15) is 24.5 Å². The Kier molecular flexibility index (Phi) is 8.44. The highest BCUT2D eigenvalue weighted by molar-refractivity contribution is 5.97. The van der Waals surface area contributed by atoms with Gasteiger partial charge in [-0.05, 0) is 48.5 Å². The first kappa shape index (κ1) is 25.6. The maximum Gasteiger partial charge on any atom is 0.343 e. The zero-order valence-corrected chi connectivity index (χ0v) is 19.4. The van der Waals surface area contributed by atoms with Crippen molar-refractivity contribution in [2.24, 2.45) is 5.10 Å². The van der Waals surface area contributed by atoms with Crippen molar-refractivity contribution in [2.45, 2.75) is 13.3 Å². The average molecular weight is 490 g/mol. The van der Waals surface area contributed by atoms with E-state index in [1.807, 2.05) is 0 Å². The summed E-state index contributed by atoms with van der Waals surface area (Å²) in [6.45, 7) is 1.72. The van der Waals surface area contributed by atoms with Crippen LogP contribution in [0, 0.1) is 10.1 Å². The molecule has 0 fully saturated rings. The molecule has 0 unspecified atom stereocenters. The minimum absolute atomic E-state index is 0.00226. The first-order valence-electron chi connectivity index (χ1n) is 10.7. The fourth-order valence-electron chi connectivity index (χ4n) is 2.93. The second-order valence-electron chi connectivity index (χ2n) is 7.28. The van der Waals surface area contributed by atoms with Gasteiger partial charge in [-0.1, -0.05) is 13.0 Å². The lowest BCUT2D eigenvalue weighted by atomic mass is 10.2. The smallest absolute Gasteiger partial charge is 0.343 e. The molecule has 0 aliphatic heterocycles. The van der Waals surface area contributed by atoms with Crippen molar-refractivity contribution in [1.29, 1.82) is 0 Å². The second-order valence-corrected chi connectivity index (χ2v) is 7.28. The predicted octanol–water partition coefficient (Wildman–Crippen LogP) is 3.94. The van der Waals surface area contributed by atoms with Gasteiger partial charge in [-0.3, -0.25) is 19.7 Å². The first-order chi connectivity index (χ1) is 17.3. The zero-order chi connectivity index (χ0) is 26.1. The number of carbonyl (C=O) groups is 3. The maximum atomic E-state index is 12.6. The number of amides is 2. The van der Waals surface area contributed by atoms with Crippen LogP contribution in [-0.2, 0) is 4.79 Å². The lowest BCUT2D eigenvalue weighted by Gasteiger charge is -2.08. The van der Waals surface area contributed by atoms with Crippen LogP contribution in [-0.4, -0.2) is 36.0 Å². The number of hydrazone groups is 1. The number of benzene rings is 3. The van der Waals surface area contributed by atoms with E-state index in [0.717, 1.165) is 12.3 Å². The van der Waals surface area contributed by atoms with Crippen LogP contribution in [0.1, 0.15) is 39.6 Å². The van der Waals surface area contributed by atoms with Crippen molar-refractivity contribution in [3.05, 3.63) is 93.5 Å². The molecule has 0 aliphatic carbocycles. The van der Waals surface area contributed by atoms with E-state index in [1.165, 1.54) is 43.5 Å². The molecule has 11 nitrogen and oxygen atoms in total. The molecule has 36 heavy (non-hydrogen) atoms. The minimum atomic E-state index is -0.711. The Morgan fingerprint density at radius 1 is 1.03 bits per heavy atom. The number of hydrogen-bond donors (Lipinski definition) is 2. The van der Waals surface area contributed by atoms with E-state index >= 15 is 0 Å². The van der Waals surface area contributed by atoms with Gasteiger partial charge in [0.2, 0.25) is 5.91 Å². The summed E-state index contributed by atoms with van der Waals surface area (Å²) in [7, 11) is 1.46. The predicted molar refractivity (Wildman–Crippen MR) is 131 cm³/mol. The molecule has 0 aliphatic rings. The van der Waals surface area contributed by atoms with Gasteiger partial charge in [-0.15, -0.1) is 0 Å². The molecule has 0 aromatic heterocycles. The normalized spacial score (nSPS) is 10.5. The maximum absolute atomic E-state index is 12.6. The van der Waals surface area contributed by atoms with Crippen molar-refractivity contribution < 1.29 is 28.8 Å². The molecule has 184 valence electrons. The highest BCUT2D eigenvalue weighted by Gasteiger charge is 2.16. The number of nitrogens with zero attached hydrogens (tertiary/aromatic N) is 2. The van der Waals surface area contributed by atoms with Crippen LogP contribution >= 0.6 is 0 Å². The lowest BCUT2D eigenvalue weighted by Crippen LogP contribution is -2.18. The van der Waals surface area contributed by atoms with E-state index in [-0.39, 0.29) is 34.0 Å². The third-order valence-corrected chi connectivity index (χ3v) is 4.83. The van der Waals surface area contributed by atoms with Gasteiger partial charge in [-0.2, -0.15) is 5.10 Å². The highest BCUT2D eigenvalue weighted by Crippen LogP contribution is 2.24.